The van der Waals surface area contributed by atoms with E-state index in [1.807, 2.05) is 12.1 Å². The number of fused-ring (bicyclic) bond motifs is 1. The van der Waals surface area contributed by atoms with Gasteiger partial charge in [0, 0.05) is 86.7 Å². The predicted octanol–water partition coefficient (Wildman–Crippen LogP) is 4.20. The summed E-state index contributed by atoms with van der Waals surface area (Å²) in [7, 11) is -1.79. The van der Waals surface area contributed by atoms with E-state index in [2.05, 4.69) is 26.1 Å². The number of amides is 1. The molecule has 42 heavy (non-hydrogen) atoms. The lowest BCUT2D eigenvalue weighted by Crippen LogP contribution is -2.32. The lowest BCUT2D eigenvalue weighted by atomic mass is 10.0. The van der Waals surface area contributed by atoms with E-state index >= 15 is 0 Å². The zero-order chi connectivity index (χ0) is 29.1. The average molecular weight is 601 g/mol. The molecule has 4 heterocycles. The zero-order valence-corrected chi connectivity index (χ0v) is 23.9. The van der Waals surface area contributed by atoms with Crippen molar-refractivity contribution in [3.63, 3.8) is 0 Å². The second-order valence-corrected chi connectivity index (χ2v) is 12.3. The molecule has 1 unspecified atom stereocenters. The van der Waals surface area contributed by atoms with Gasteiger partial charge in [0.25, 0.3) is 5.91 Å². The van der Waals surface area contributed by atoms with Gasteiger partial charge in [-0.15, -0.1) is 0 Å². The van der Waals surface area contributed by atoms with Crippen LogP contribution in [0.15, 0.2) is 41.3 Å². The second-order valence-electron chi connectivity index (χ2n) is 10.8. The first-order valence-electron chi connectivity index (χ1n) is 14.3. The monoisotopic (exact) mass is 600 g/mol. The smallest absolute Gasteiger partial charge is 0.258 e. The van der Waals surface area contributed by atoms with Gasteiger partial charge in [-0.05, 0) is 56.0 Å². The molecule has 0 saturated carbocycles. The number of nitrogens with one attached hydrogen (secondary N) is 4. The minimum Gasteiger partial charge on any atom is -0.382 e. The molecule has 1 aromatic heterocycles. The molecule has 13 heteroatoms. The van der Waals surface area contributed by atoms with Crippen molar-refractivity contribution in [2.24, 2.45) is 0 Å². The van der Waals surface area contributed by atoms with Gasteiger partial charge in [0.2, 0.25) is 0 Å². The first-order valence-corrected chi connectivity index (χ1v) is 15.4. The molecule has 3 aromatic rings. The van der Waals surface area contributed by atoms with E-state index < -0.39 is 22.6 Å². The van der Waals surface area contributed by atoms with Crippen LogP contribution in [0.25, 0.3) is 0 Å². The van der Waals surface area contributed by atoms with Crippen molar-refractivity contribution in [3.05, 3.63) is 64.9 Å². The average Bonchev–Trinajstić information content (AvgIpc) is 3.39. The van der Waals surface area contributed by atoms with E-state index in [9.17, 15) is 17.8 Å². The summed E-state index contributed by atoms with van der Waals surface area (Å²) >= 11 is 0. The van der Waals surface area contributed by atoms with Crippen molar-refractivity contribution in [1.82, 2.24) is 14.5 Å². The number of halogens is 2. The van der Waals surface area contributed by atoms with Gasteiger partial charge in [-0.2, -0.15) is 5.10 Å². The second kappa shape index (κ2) is 12.9. The van der Waals surface area contributed by atoms with Crippen molar-refractivity contribution in [2.75, 3.05) is 48.9 Å². The summed E-state index contributed by atoms with van der Waals surface area (Å²) in [6.45, 7) is 3.37. The van der Waals surface area contributed by atoms with Gasteiger partial charge in [-0.3, -0.25) is 9.89 Å². The lowest BCUT2D eigenvalue weighted by molar-refractivity contribution is 0.0904. The van der Waals surface area contributed by atoms with Crippen molar-refractivity contribution in [3.8, 4) is 0 Å². The topological polar surface area (TPSA) is 121 Å². The Morgan fingerprint density at radius 3 is 2.31 bits per heavy atom. The number of benzene rings is 2. The van der Waals surface area contributed by atoms with Gasteiger partial charge >= 0.3 is 0 Å². The molecular weight excluding hydrogens is 566 g/mol. The summed E-state index contributed by atoms with van der Waals surface area (Å²) in [5.74, 6) is -1.57. The molecule has 3 aliphatic rings. The first kappa shape index (κ1) is 28.7. The number of aromatic amines is 1. The van der Waals surface area contributed by atoms with E-state index in [0.29, 0.717) is 49.2 Å². The van der Waals surface area contributed by atoms with Gasteiger partial charge in [-0.25, -0.2) is 17.3 Å². The molecule has 2 saturated heterocycles. The maximum Gasteiger partial charge on any atom is 0.258 e. The predicted molar refractivity (Wildman–Crippen MR) is 155 cm³/mol. The number of carbonyl (C=O) groups is 1. The van der Waals surface area contributed by atoms with Crippen molar-refractivity contribution >= 4 is 34.1 Å². The standard InChI is InChI=1S/C29H34F2N6O4S/c30-18-13-19(31)15-23(14-18)42(39)37-8-3-26-25(17-37)28(36-35-26)34-29(38)24-2-1-22(32-20-4-9-40-10-5-20)16-27(24)33-21-6-11-41-12-7-21/h1-2,13-16,20-21,32-33H,3-12,17H2,(H2,34,35,36,38). The number of hydrogen-bond donors (Lipinski definition) is 4. The Labute approximate surface area is 245 Å². The lowest BCUT2D eigenvalue weighted by Gasteiger charge is -2.27. The molecule has 0 bridgehead atoms. The van der Waals surface area contributed by atoms with Crippen molar-refractivity contribution < 1.29 is 27.3 Å². The summed E-state index contributed by atoms with van der Waals surface area (Å²) in [6, 6.07) is 9.06. The summed E-state index contributed by atoms with van der Waals surface area (Å²) in [6.07, 6.45) is 4.02. The van der Waals surface area contributed by atoms with Gasteiger partial charge in [0.15, 0.2) is 5.82 Å². The Kier molecular flexibility index (Phi) is 8.79. The highest BCUT2D eigenvalue weighted by molar-refractivity contribution is 7.82. The molecule has 6 rings (SSSR count). The maximum atomic E-state index is 13.8. The largest absolute Gasteiger partial charge is 0.382 e. The molecule has 10 nitrogen and oxygen atoms in total. The molecule has 0 aliphatic carbocycles. The molecular formula is C29H34F2N6O4S. The van der Waals surface area contributed by atoms with E-state index in [4.69, 9.17) is 9.47 Å². The van der Waals surface area contributed by atoms with E-state index in [1.165, 1.54) is 0 Å². The number of ether oxygens (including phenoxy) is 2. The Morgan fingerprint density at radius 2 is 1.62 bits per heavy atom. The minimum atomic E-state index is -1.79. The molecule has 2 aromatic carbocycles. The SMILES string of the molecule is O=C(Nc1n[nH]c2c1CN(S(=O)c1cc(F)cc(F)c1)CC2)c1ccc(NC2CCOCC2)cc1NC1CCOCC1. The van der Waals surface area contributed by atoms with Crippen LogP contribution in [0.3, 0.4) is 0 Å². The minimum absolute atomic E-state index is 0.0447. The number of aromatic nitrogens is 2. The van der Waals surface area contributed by atoms with Gasteiger partial charge in [0.05, 0.1) is 10.5 Å². The van der Waals surface area contributed by atoms with Crippen LogP contribution in [0.2, 0.25) is 0 Å². The summed E-state index contributed by atoms with van der Waals surface area (Å²) < 4.78 is 53.3. The van der Waals surface area contributed by atoms with Crippen LogP contribution in [0, 0.1) is 11.6 Å². The van der Waals surface area contributed by atoms with Crippen LogP contribution in [0.4, 0.5) is 26.0 Å². The Balaban J connectivity index is 1.20. The molecule has 1 amide bonds. The highest BCUT2D eigenvalue weighted by Crippen LogP contribution is 2.30. The summed E-state index contributed by atoms with van der Waals surface area (Å²) in [4.78, 5) is 13.7. The number of nitrogens with zero attached hydrogens (tertiary/aromatic N) is 2. The number of H-pyrrole nitrogens is 1. The number of rotatable bonds is 8. The fraction of sp³-hybridized carbons (Fsp3) is 0.448. The zero-order valence-electron chi connectivity index (χ0n) is 23.1. The highest BCUT2D eigenvalue weighted by Gasteiger charge is 2.28. The third-order valence-corrected chi connectivity index (χ3v) is 9.26. The normalized spacial score (nSPS) is 19.2. The van der Waals surface area contributed by atoms with Crippen LogP contribution in [-0.2, 0) is 33.4 Å². The molecule has 224 valence electrons. The fourth-order valence-electron chi connectivity index (χ4n) is 5.56. The van der Waals surface area contributed by atoms with Crippen molar-refractivity contribution in [2.45, 2.75) is 55.6 Å². The third kappa shape index (κ3) is 6.64. The van der Waals surface area contributed by atoms with Crippen LogP contribution < -0.4 is 16.0 Å². The molecule has 0 spiro atoms. The fourth-order valence-corrected chi connectivity index (χ4v) is 6.79. The van der Waals surface area contributed by atoms with Crippen LogP contribution in [-0.4, -0.2) is 69.7 Å². The number of hydrogen-bond acceptors (Lipinski definition) is 7. The van der Waals surface area contributed by atoms with Gasteiger partial charge < -0.3 is 25.4 Å². The van der Waals surface area contributed by atoms with Crippen LogP contribution in [0.5, 0.6) is 0 Å². The molecule has 0 radical (unpaired) electrons. The van der Waals surface area contributed by atoms with Crippen LogP contribution >= 0.6 is 0 Å². The van der Waals surface area contributed by atoms with E-state index in [1.54, 1.807) is 10.4 Å². The van der Waals surface area contributed by atoms with E-state index in [0.717, 1.165) is 74.2 Å². The molecule has 3 aliphatic heterocycles. The van der Waals surface area contributed by atoms with Crippen molar-refractivity contribution in [1.29, 1.82) is 0 Å². The van der Waals surface area contributed by atoms with E-state index in [-0.39, 0.29) is 23.4 Å². The third-order valence-electron chi connectivity index (χ3n) is 7.84. The first-order chi connectivity index (χ1) is 20.4. The maximum absolute atomic E-state index is 13.8. The van der Waals surface area contributed by atoms with Gasteiger partial charge in [0.1, 0.15) is 22.6 Å². The summed E-state index contributed by atoms with van der Waals surface area (Å²) in [5.41, 5.74) is 3.63. The number of anilines is 3. The number of carbonyl (C=O) groups excluding carboxylic acids is 1. The van der Waals surface area contributed by atoms with Gasteiger partial charge in [-0.1, -0.05) is 0 Å². The Bertz CT molecular complexity index is 1440. The molecule has 1 atom stereocenters. The Hall–Kier alpha value is -3.39. The highest BCUT2D eigenvalue weighted by atomic mass is 32.2. The quantitative estimate of drug-likeness (QED) is 0.306. The Morgan fingerprint density at radius 1 is 0.952 bits per heavy atom. The van der Waals surface area contributed by atoms with Crippen LogP contribution in [0.1, 0.15) is 47.3 Å². The molecule has 2 fully saturated rings. The summed E-state index contributed by atoms with van der Waals surface area (Å²) in [5, 5.41) is 17.4. The molecule has 4 N–H and O–H groups in total.